The van der Waals surface area contributed by atoms with Crippen LogP contribution in [0.15, 0.2) is 93.5 Å². The van der Waals surface area contributed by atoms with Crippen molar-refractivity contribution in [2.75, 3.05) is 26.2 Å². The number of anilines is 1. The highest BCUT2D eigenvalue weighted by molar-refractivity contribution is 9.10. The van der Waals surface area contributed by atoms with Gasteiger partial charge in [-0.15, -0.1) is 0 Å². The molecule has 2 amide bonds. The van der Waals surface area contributed by atoms with Gasteiger partial charge in [0.2, 0.25) is 11.8 Å². The third-order valence-corrected chi connectivity index (χ3v) is 10.7. The topological polar surface area (TPSA) is 119 Å². The maximum Gasteiger partial charge on any atom is 0.238 e. The molecule has 0 radical (unpaired) electrons. The fourth-order valence-corrected chi connectivity index (χ4v) is 8.29. The molecule has 4 aliphatic rings. The van der Waals surface area contributed by atoms with Crippen LogP contribution in [0, 0.1) is 17.8 Å². The molecule has 254 valence electrons. The fraction of sp³-hybridized carbons (Fsp3) is 0.250. The van der Waals surface area contributed by atoms with Gasteiger partial charge in [-0.3, -0.25) is 24.1 Å². The molecule has 0 saturated carbocycles. The normalized spacial score (nSPS) is 23.0. The first kappa shape index (κ1) is 33.3. The van der Waals surface area contributed by atoms with E-state index in [1.54, 1.807) is 45.4 Å². The Morgan fingerprint density at radius 1 is 0.860 bits per heavy atom. The Morgan fingerprint density at radius 3 is 2.30 bits per heavy atom. The molecular weight excluding hydrogens is 702 g/mol. The summed E-state index contributed by atoms with van der Waals surface area (Å²) in [5.74, 6) is -2.50. The van der Waals surface area contributed by atoms with Gasteiger partial charge in [0, 0.05) is 38.2 Å². The average Bonchev–Trinajstić information content (AvgIpc) is 3.38. The smallest absolute Gasteiger partial charge is 0.238 e. The number of ether oxygens (including phenoxy) is 3. The van der Waals surface area contributed by atoms with Gasteiger partial charge < -0.3 is 19.3 Å². The van der Waals surface area contributed by atoms with Crippen LogP contribution in [0.3, 0.4) is 0 Å². The molecule has 3 aromatic rings. The summed E-state index contributed by atoms with van der Waals surface area (Å²) in [6, 6.07) is 16.0. The molecule has 1 N–H and O–H groups in total. The number of methoxy groups -OCH3 is 3. The second-order valence-corrected chi connectivity index (χ2v) is 13.7. The van der Waals surface area contributed by atoms with Crippen molar-refractivity contribution in [3.8, 4) is 23.0 Å². The number of carbonyl (C=O) groups is 4. The average molecular weight is 737 g/mol. The SMILES string of the molecule is COc1ccc(OC)c(C=Cc2ccc(N3C(=O)C4CC=C5C(c6cc(Br)cc(OC)c6O)C6=C(CC5C4C3=O)C(=O)C=C(C)C6=O)cc2)c1. The van der Waals surface area contributed by atoms with E-state index < -0.39 is 23.7 Å². The van der Waals surface area contributed by atoms with Crippen LogP contribution < -0.4 is 19.1 Å². The molecule has 50 heavy (non-hydrogen) atoms. The van der Waals surface area contributed by atoms with E-state index in [1.165, 1.54) is 18.1 Å². The lowest BCUT2D eigenvalue weighted by atomic mass is 9.59. The Hall–Kier alpha value is -5.22. The van der Waals surface area contributed by atoms with Gasteiger partial charge in [-0.25, -0.2) is 0 Å². The first-order valence-electron chi connectivity index (χ1n) is 16.2. The molecule has 0 spiro atoms. The van der Waals surface area contributed by atoms with Gasteiger partial charge in [0.25, 0.3) is 0 Å². The van der Waals surface area contributed by atoms with E-state index in [2.05, 4.69) is 15.9 Å². The van der Waals surface area contributed by atoms with Crippen LogP contribution >= 0.6 is 15.9 Å². The summed E-state index contributed by atoms with van der Waals surface area (Å²) in [4.78, 5) is 56.8. The Bertz CT molecular complexity index is 2110. The van der Waals surface area contributed by atoms with E-state index in [0.717, 1.165) is 16.7 Å². The Kier molecular flexibility index (Phi) is 8.59. The highest BCUT2D eigenvalue weighted by Gasteiger charge is 2.57. The van der Waals surface area contributed by atoms with Crippen LogP contribution in [0.25, 0.3) is 12.2 Å². The van der Waals surface area contributed by atoms with Crippen molar-refractivity contribution < 1.29 is 38.5 Å². The van der Waals surface area contributed by atoms with Crippen LogP contribution in [0.2, 0.25) is 0 Å². The summed E-state index contributed by atoms with van der Waals surface area (Å²) in [7, 11) is 4.64. The van der Waals surface area contributed by atoms with Crippen molar-refractivity contribution in [3.05, 3.63) is 110 Å². The van der Waals surface area contributed by atoms with Gasteiger partial charge in [-0.2, -0.15) is 0 Å². The molecule has 1 saturated heterocycles. The van der Waals surface area contributed by atoms with Crippen molar-refractivity contribution >= 4 is 57.2 Å². The molecular formula is C40H34BrNO8. The number of ketones is 2. The number of nitrogens with zero attached hydrogens (tertiary/aromatic N) is 1. The number of amides is 2. The summed E-state index contributed by atoms with van der Waals surface area (Å²) >= 11 is 3.49. The largest absolute Gasteiger partial charge is 0.504 e. The molecule has 4 unspecified atom stereocenters. The van der Waals surface area contributed by atoms with E-state index in [1.807, 2.05) is 48.6 Å². The number of imide groups is 1. The first-order valence-corrected chi connectivity index (χ1v) is 17.0. The Morgan fingerprint density at radius 2 is 1.60 bits per heavy atom. The lowest BCUT2D eigenvalue weighted by molar-refractivity contribution is -0.123. The molecule has 1 fully saturated rings. The number of phenolic OH excluding ortho intramolecular Hbond substituents is 1. The highest BCUT2D eigenvalue weighted by Crippen LogP contribution is 2.57. The molecule has 3 aliphatic carbocycles. The lowest BCUT2D eigenvalue weighted by Crippen LogP contribution is -2.39. The Labute approximate surface area is 297 Å². The molecule has 0 bridgehead atoms. The minimum atomic E-state index is -0.803. The van der Waals surface area contributed by atoms with Crippen molar-refractivity contribution in [3.63, 3.8) is 0 Å². The number of rotatable bonds is 7. The van der Waals surface area contributed by atoms with Gasteiger partial charge in [0.15, 0.2) is 23.1 Å². The molecule has 10 heteroatoms. The predicted molar refractivity (Wildman–Crippen MR) is 191 cm³/mol. The van der Waals surface area contributed by atoms with E-state index in [9.17, 15) is 24.3 Å². The molecule has 4 atom stereocenters. The molecule has 9 nitrogen and oxygen atoms in total. The predicted octanol–water partition coefficient (Wildman–Crippen LogP) is 6.99. The third-order valence-electron chi connectivity index (χ3n) is 10.2. The van der Waals surface area contributed by atoms with Crippen LogP contribution in [-0.2, 0) is 19.2 Å². The zero-order valence-electron chi connectivity index (χ0n) is 27.9. The number of carbonyl (C=O) groups excluding carboxylic acids is 4. The van der Waals surface area contributed by atoms with Crippen LogP contribution in [0.5, 0.6) is 23.0 Å². The molecule has 1 aliphatic heterocycles. The number of fused-ring (bicyclic) bond motifs is 3. The van der Waals surface area contributed by atoms with Gasteiger partial charge in [-0.05, 0) is 79.8 Å². The van der Waals surface area contributed by atoms with Crippen molar-refractivity contribution in [1.29, 1.82) is 0 Å². The van der Waals surface area contributed by atoms with Crippen molar-refractivity contribution in [2.24, 2.45) is 17.8 Å². The second-order valence-electron chi connectivity index (χ2n) is 12.8. The molecule has 7 rings (SSSR count). The third kappa shape index (κ3) is 5.38. The summed E-state index contributed by atoms with van der Waals surface area (Å²) in [6.07, 6.45) is 7.49. The number of allylic oxidation sites excluding steroid dienone is 6. The van der Waals surface area contributed by atoms with Crippen LogP contribution in [0.4, 0.5) is 5.69 Å². The summed E-state index contributed by atoms with van der Waals surface area (Å²) in [5.41, 5.74) is 4.19. The summed E-state index contributed by atoms with van der Waals surface area (Å²) < 4.78 is 16.9. The maximum atomic E-state index is 14.3. The quantitative estimate of drug-likeness (QED) is 0.119. The van der Waals surface area contributed by atoms with Gasteiger partial charge in [0.1, 0.15) is 11.5 Å². The number of hydrogen-bond acceptors (Lipinski definition) is 8. The zero-order chi connectivity index (χ0) is 35.4. The minimum absolute atomic E-state index is 0.142. The number of aromatic hydroxyl groups is 1. The first-order chi connectivity index (χ1) is 24.1. The number of benzene rings is 3. The minimum Gasteiger partial charge on any atom is -0.504 e. The van der Waals surface area contributed by atoms with Crippen LogP contribution in [-0.4, -0.2) is 49.8 Å². The van der Waals surface area contributed by atoms with Gasteiger partial charge in [0.05, 0.1) is 38.9 Å². The lowest BCUT2D eigenvalue weighted by Gasteiger charge is -2.42. The standard InChI is InChI=1S/C40H34BrNO8/c1-20-15-31(43)29-19-28-26(34(36(29)37(20)44)30-17-23(41)18-33(50-4)38(30)45)12-13-27-35(28)40(47)42(39(27)46)24-9-6-21(7-10-24)5-8-22-16-25(48-2)11-14-32(22)49-3/h5-12,14-18,27-28,34-35,45H,13,19H2,1-4H3. The molecule has 1 heterocycles. The molecule has 3 aromatic carbocycles. The number of phenols is 1. The summed E-state index contributed by atoms with van der Waals surface area (Å²) in [6.45, 7) is 1.60. The van der Waals surface area contributed by atoms with E-state index >= 15 is 0 Å². The van der Waals surface area contributed by atoms with Crippen molar-refractivity contribution in [2.45, 2.75) is 25.7 Å². The Balaban J connectivity index is 1.23. The van der Waals surface area contributed by atoms with Crippen molar-refractivity contribution in [1.82, 2.24) is 0 Å². The zero-order valence-corrected chi connectivity index (χ0v) is 29.4. The van der Waals surface area contributed by atoms with E-state index in [4.69, 9.17) is 14.2 Å². The number of hydrogen-bond donors (Lipinski definition) is 1. The number of Topliss-reactive ketones (excluding diaryl/α,β-unsaturated/α-hetero) is 1. The van der Waals surface area contributed by atoms with Gasteiger partial charge >= 0.3 is 0 Å². The van der Waals surface area contributed by atoms with E-state index in [0.29, 0.717) is 43.9 Å². The number of halogens is 1. The van der Waals surface area contributed by atoms with Crippen LogP contribution in [0.1, 0.15) is 42.4 Å². The monoisotopic (exact) mass is 735 g/mol. The van der Waals surface area contributed by atoms with Gasteiger partial charge in [-0.1, -0.05) is 51.9 Å². The second kappa shape index (κ2) is 12.9. The van der Waals surface area contributed by atoms with E-state index in [-0.39, 0.29) is 47.7 Å². The molecule has 0 aromatic heterocycles. The fourth-order valence-electron chi connectivity index (χ4n) is 7.83. The summed E-state index contributed by atoms with van der Waals surface area (Å²) in [5, 5.41) is 11.4. The maximum absolute atomic E-state index is 14.3. The highest BCUT2D eigenvalue weighted by atomic mass is 79.9.